The van der Waals surface area contributed by atoms with Crippen molar-refractivity contribution in [2.24, 2.45) is 0 Å². The topological polar surface area (TPSA) is 38.3 Å². The summed E-state index contributed by atoms with van der Waals surface area (Å²) in [7, 11) is 0. The second-order valence-electron chi connectivity index (χ2n) is 3.35. The van der Waals surface area contributed by atoms with E-state index in [1.807, 2.05) is 0 Å². The maximum atomic E-state index is 11.7. The van der Waals surface area contributed by atoms with Gasteiger partial charge in [-0.3, -0.25) is 4.79 Å². The first-order valence-electron chi connectivity index (χ1n) is 5.10. The highest BCUT2D eigenvalue weighted by molar-refractivity contribution is 9.10. The Morgan fingerprint density at radius 3 is 2.83 bits per heavy atom. The Balaban J connectivity index is 2.34. The molecular formula is C11H11BrClF2NO2. The fourth-order valence-corrected chi connectivity index (χ4v) is 1.58. The Hall–Kier alpha value is -0.720. The zero-order valence-electron chi connectivity index (χ0n) is 9.26. The minimum atomic E-state index is -2.49. The SMILES string of the molecule is O=C(NCCOCC(F)F)c1ccc(Br)c(Cl)c1. The van der Waals surface area contributed by atoms with Crippen molar-refractivity contribution in [1.82, 2.24) is 5.32 Å². The van der Waals surface area contributed by atoms with Crippen molar-refractivity contribution >= 4 is 33.4 Å². The van der Waals surface area contributed by atoms with Gasteiger partial charge in [-0.15, -0.1) is 0 Å². The van der Waals surface area contributed by atoms with Crippen LogP contribution in [0.3, 0.4) is 0 Å². The molecule has 0 aromatic heterocycles. The highest BCUT2D eigenvalue weighted by Gasteiger charge is 2.07. The molecular weight excluding hydrogens is 331 g/mol. The molecule has 0 spiro atoms. The van der Waals surface area contributed by atoms with Crippen molar-refractivity contribution in [3.8, 4) is 0 Å². The zero-order chi connectivity index (χ0) is 13.5. The molecule has 1 aromatic carbocycles. The van der Waals surface area contributed by atoms with Gasteiger partial charge in [-0.1, -0.05) is 11.6 Å². The van der Waals surface area contributed by atoms with E-state index in [-0.39, 0.29) is 19.1 Å². The minimum absolute atomic E-state index is 0.0420. The maximum absolute atomic E-state index is 11.7. The molecule has 1 amide bonds. The van der Waals surface area contributed by atoms with Crippen LogP contribution in [-0.4, -0.2) is 32.1 Å². The van der Waals surface area contributed by atoms with Gasteiger partial charge in [-0.25, -0.2) is 8.78 Å². The summed E-state index contributed by atoms with van der Waals surface area (Å²) >= 11 is 9.05. The third kappa shape index (κ3) is 5.29. The van der Waals surface area contributed by atoms with E-state index in [0.29, 0.717) is 15.1 Å². The summed E-state index contributed by atoms with van der Waals surface area (Å²) in [5.74, 6) is -0.329. The first kappa shape index (κ1) is 15.3. The monoisotopic (exact) mass is 341 g/mol. The summed E-state index contributed by atoms with van der Waals surface area (Å²) in [6.45, 7) is -0.417. The first-order valence-corrected chi connectivity index (χ1v) is 6.27. The van der Waals surface area contributed by atoms with Gasteiger partial charge in [0.05, 0.1) is 11.6 Å². The Bertz CT molecular complexity index is 418. The van der Waals surface area contributed by atoms with Crippen molar-refractivity contribution in [2.75, 3.05) is 19.8 Å². The van der Waals surface area contributed by atoms with E-state index in [0.717, 1.165) is 0 Å². The van der Waals surface area contributed by atoms with E-state index >= 15 is 0 Å². The van der Waals surface area contributed by atoms with Crippen LogP contribution in [0.15, 0.2) is 22.7 Å². The number of nitrogens with one attached hydrogen (secondary N) is 1. The smallest absolute Gasteiger partial charge is 0.261 e. The van der Waals surface area contributed by atoms with E-state index in [2.05, 4.69) is 26.0 Å². The molecule has 0 atom stereocenters. The summed E-state index contributed by atoms with van der Waals surface area (Å²) in [5, 5.41) is 2.96. The standard InChI is InChI=1S/C11H11BrClF2NO2/c12-8-2-1-7(5-9(8)13)11(17)16-3-4-18-6-10(14)15/h1-2,5,10H,3-4,6H2,(H,16,17). The molecule has 1 rings (SSSR count). The number of alkyl halides is 2. The van der Waals surface area contributed by atoms with Gasteiger partial charge in [-0.2, -0.15) is 0 Å². The van der Waals surface area contributed by atoms with Crippen LogP contribution in [0.1, 0.15) is 10.4 Å². The summed E-state index contributed by atoms with van der Waals surface area (Å²) in [4.78, 5) is 11.6. The Morgan fingerprint density at radius 2 is 2.22 bits per heavy atom. The van der Waals surface area contributed by atoms with Crippen LogP contribution in [0.2, 0.25) is 5.02 Å². The number of rotatable bonds is 6. The van der Waals surface area contributed by atoms with Crippen LogP contribution in [0.25, 0.3) is 0 Å². The molecule has 100 valence electrons. The van der Waals surface area contributed by atoms with Gasteiger partial charge in [0.15, 0.2) is 0 Å². The molecule has 0 aliphatic heterocycles. The van der Waals surface area contributed by atoms with Gasteiger partial charge in [0, 0.05) is 16.6 Å². The second-order valence-corrected chi connectivity index (χ2v) is 4.61. The number of amides is 1. The molecule has 0 heterocycles. The van der Waals surface area contributed by atoms with Crippen molar-refractivity contribution in [2.45, 2.75) is 6.43 Å². The summed E-state index contributed by atoms with van der Waals surface area (Å²) in [6, 6.07) is 4.77. The molecule has 1 aromatic rings. The van der Waals surface area contributed by atoms with Gasteiger partial charge in [0.25, 0.3) is 12.3 Å². The second kappa shape index (κ2) is 7.66. The Labute approximate surface area is 117 Å². The Morgan fingerprint density at radius 1 is 1.50 bits per heavy atom. The number of ether oxygens (including phenoxy) is 1. The minimum Gasteiger partial charge on any atom is -0.374 e. The van der Waals surface area contributed by atoms with Crippen LogP contribution in [0.5, 0.6) is 0 Å². The highest BCUT2D eigenvalue weighted by Crippen LogP contribution is 2.22. The Kier molecular flexibility index (Phi) is 6.52. The predicted molar refractivity (Wildman–Crippen MR) is 68.3 cm³/mol. The van der Waals surface area contributed by atoms with E-state index in [9.17, 15) is 13.6 Å². The van der Waals surface area contributed by atoms with E-state index < -0.39 is 13.0 Å². The molecule has 0 unspecified atom stereocenters. The number of halogens is 4. The van der Waals surface area contributed by atoms with Gasteiger partial charge < -0.3 is 10.1 Å². The number of hydrogen-bond donors (Lipinski definition) is 1. The van der Waals surface area contributed by atoms with Crippen LogP contribution < -0.4 is 5.32 Å². The average Bonchev–Trinajstić information content (AvgIpc) is 2.31. The van der Waals surface area contributed by atoms with Gasteiger partial charge in [0.2, 0.25) is 0 Å². The van der Waals surface area contributed by atoms with Crippen molar-refractivity contribution in [3.63, 3.8) is 0 Å². The quantitative estimate of drug-likeness (QED) is 0.807. The normalized spacial score (nSPS) is 10.7. The van der Waals surface area contributed by atoms with E-state index in [1.165, 1.54) is 6.07 Å². The molecule has 0 aliphatic rings. The highest BCUT2D eigenvalue weighted by atomic mass is 79.9. The number of carbonyl (C=O) groups is 1. The largest absolute Gasteiger partial charge is 0.374 e. The zero-order valence-corrected chi connectivity index (χ0v) is 11.6. The fraction of sp³-hybridized carbons (Fsp3) is 0.364. The molecule has 0 saturated carbocycles. The third-order valence-electron chi connectivity index (χ3n) is 1.96. The molecule has 0 aliphatic carbocycles. The van der Waals surface area contributed by atoms with E-state index in [1.54, 1.807) is 12.1 Å². The molecule has 1 N–H and O–H groups in total. The molecule has 3 nitrogen and oxygen atoms in total. The lowest BCUT2D eigenvalue weighted by Crippen LogP contribution is -2.27. The van der Waals surface area contributed by atoms with Crippen molar-refractivity contribution in [1.29, 1.82) is 0 Å². The lowest BCUT2D eigenvalue weighted by Gasteiger charge is -2.07. The predicted octanol–water partition coefficient (Wildman–Crippen LogP) is 3.11. The molecule has 7 heteroatoms. The molecule has 0 bridgehead atoms. The lowest BCUT2D eigenvalue weighted by molar-refractivity contribution is 0.0188. The number of benzene rings is 1. The van der Waals surface area contributed by atoms with E-state index in [4.69, 9.17) is 11.6 Å². The molecule has 0 fully saturated rings. The van der Waals surface area contributed by atoms with Gasteiger partial charge >= 0.3 is 0 Å². The van der Waals surface area contributed by atoms with Crippen LogP contribution >= 0.6 is 27.5 Å². The molecule has 0 saturated heterocycles. The van der Waals surface area contributed by atoms with Crippen LogP contribution in [0.4, 0.5) is 8.78 Å². The third-order valence-corrected chi connectivity index (χ3v) is 3.19. The van der Waals surface area contributed by atoms with Gasteiger partial charge in [-0.05, 0) is 34.1 Å². The summed E-state index contributed by atoms with van der Waals surface area (Å²) in [6.07, 6.45) is -2.49. The first-order chi connectivity index (χ1) is 8.50. The maximum Gasteiger partial charge on any atom is 0.261 e. The summed E-state index contributed by atoms with van der Waals surface area (Å²) < 4.78 is 28.8. The van der Waals surface area contributed by atoms with Gasteiger partial charge in [0.1, 0.15) is 6.61 Å². The van der Waals surface area contributed by atoms with Crippen molar-refractivity contribution in [3.05, 3.63) is 33.3 Å². The fourth-order valence-electron chi connectivity index (χ4n) is 1.15. The average molecular weight is 343 g/mol. The van der Waals surface area contributed by atoms with Crippen molar-refractivity contribution < 1.29 is 18.3 Å². The lowest BCUT2D eigenvalue weighted by atomic mass is 10.2. The number of carbonyl (C=O) groups excluding carboxylic acids is 1. The molecule has 18 heavy (non-hydrogen) atoms. The number of hydrogen-bond acceptors (Lipinski definition) is 2. The molecule has 0 radical (unpaired) electrons. The van der Waals surface area contributed by atoms with Crippen LogP contribution in [0, 0.1) is 0 Å². The van der Waals surface area contributed by atoms with Crippen LogP contribution in [-0.2, 0) is 4.74 Å². The summed E-state index contributed by atoms with van der Waals surface area (Å²) in [5.41, 5.74) is 0.400.